The molecule has 2 aromatic rings. The molecule has 0 amide bonds. The Morgan fingerprint density at radius 1 is 1.40 bits per heavy atom. The Kier molecular flexibility index (Phi) is 5.35. The summed E-state index contributed by atoms with van der Waals surface area (Å²) in [6, 6.07) is 5.53. The second kappa shape index (κ2) is 6.83. The molecule has 3 nitrogen and oxygen atoms in total. The van der Waals surface area contributed by atoms with E-state index >= 15 is 0 Å². The first-order valence-electron chi connectivity index (χ1n) is 6.26. The van der Waals surface area contributed by atoms with Crippen LogP contribution in [0.2, 0.25) is 5.02 Å². The number of ether oxygens (including phenoxy) is 1. The lowest BCUT2D eigenvalue weighted by Gasteiger charge is -2.12. The summed E-state index contributed by atoms with van der Waals surface area (Å²) in [6.07, 6.45) is 0. The van der Waals surface area contributed by atoms with Crippen LogP contribution in [-0.4, -0.2) is 9.78 Å². The van der Waals surface area contributed by atoms with Crippen LogP contribution in [0.25, 0.3) is 0 Å². The number of halogens is 3. The molecule has 0 aliphatic carbocycles. The lowest BCUT2D eigenvalue weighted by Crippen LogP contribution is -2.07. The highest BCUT2D eigenvalue weighted by atomic mass is 79.9. The van der Waals surface area contributed by atoms with E-state index in [-0.39, 0.29) is 0 Å². The summed E-state index contributed by atoms with van der Waals surface area (Å²) in [4.78, 5) is 0. The van der Waals surface area contributed by atoms with Gasteiger partial charge in [0.1, 0.15) is 12.4 Å². The molecule has 1 aromatic heterocycles. The van der Waals surface area contributed by atoms with Gasteiger partial charge >= 0.3 is 0 Å². The van der Waals surface area contributed by atoms with Gasteiger partial charge in [-0.3, -0.25) is 4.68 Å². The molecule has 20 heavy (non-hydrogen) atoms. The SMILES string of the molecule is CCn1nc(C)c(Br)c1COc1cccc(Cl)c1CCl. The van der Waals surface area contributed by atoms with Gasteiger partial charge in [0.2, 0.25) is 0 Å². The van der Waals surface area contributed by atoms with E-state index in [1.807, 2.05) is 36.7 Å². The highest BCUT2D eigenvalue weighted by molar-refractivity contribution is 9.10. The van der Waals surface area contributed by atoms with Crippen LogP contribution in [0.1, 0.15) is 23.9 Å². The first-order valence-corrected chi connectivity index (χ1v) is 7.97. The molecule has 0 aliphatic heterocycles. The van der Waals surface area contributed by atoms with Gasteiger partial charge in [0.15, 0.2) is 0 Å². The van der Waals surface area contributed by atoms with E-state index < -0.39 is 0 Å². The zero-order valence-corrected chi connectivity index (χ0v) is 14.4. The minimum absolute atomic E-state index is 0.322. The third kappa shape index (κ3) is 3.13. The number of aromatic nitrogens is 2. The second-order valence-corrected chi connectivity index (χ2v) is 5.77. The minimum Gasteiger partial charge on any atom is -0.487 e. The highest BCUT2D eigenvalue weighted by Gasteiger charge is 2.14. The molecule has 0 saturated carbocycles. The fraction of sp³-hybridized carbons (Fsp3) is 0.357. The molecule has 0 atom stereocenters. The van der Waals surface area contributed by atoms with E-state index in [9.17, 15) is 0 Å². The van der Waals surface area contributed by atoms with E-state index in [1.165, 1.54) is 0 Å². The predicted octanol–water partition coefficient (Wildman–Crippen LogP) is 4.95. The van der Waals surface area contributed by atoms with Gasteiger partial charge in [-0.25, -0.2) is 0 Å². The molecule has 2 rings (SSSR count). The van der Waals surface area contributed by atoms with E-state index in [2.05, 4.69) is 21.0 Å². The monoisotopic (exact) mass is 376 g/mol. The zero-order valence-electron chi connectivity index (χ0n) is 11.3. The van der Waals surface area contributed by atoms with Crippen LogP contribution in [0.15, 0.2) is 22.7 Å². The minimum atomic E-state index is 0.322. The molecular formula is C14H15BrCl2N2O. The number of alkyl halides is 1. The number of nitrogens with zero attached hydrogens (tertiary/aromatic N) is 2. The number of benzene rings is 1. The van der Waals surface area contributed by atoms with Gasteiger partial charge in [-0.15, -0.1) is 11.6 Å². The number of rotatable bonds is 5. The van der Waals surface area contributed by atoms with Crippen LogP contribution in [0.4, 0.5) is 0 Å². The summed E-state index contributed by atoms with van der Waals surface area (Å²) in [5.74, 6) is 1.03. The van der Waals surface area contributed by atoms with E-state index in [4.69, 9.17) is 27.9 Å². The van der Waals surface area contributed by atoms with Crippen molar-refractivity contribution in [1.82, 2.24) is 9.78 Å². The Labute approximate surface area is 137 Å². The first-order chi connectivity index (χ1) is 9.58. The van der Waals surface area contributed by atoms with Gasteiger partial charge in [0, 0.05) is 17.1 Å². The summed E-state index contributed by atoms with van der Waals surface area (Å²) in [6.45, 7) is 5.22. The molecule has 0 bridgehead atoms. The van der Waals surface area contributed by atoms with Crippen molar-refractivity contribution in [2.75, 3.05) is 0 Å². The van der Waals surface area contributed by atoms with Gasteiger partial charge in [-0.1, -0.05) is 17.7 Å². The summed E-state index contributed by atoms with van der Waals surface area (Å²) in [5, 5.41) is 5.06. The lowest BCUT2D eigenvalue weighted by atomic mass is 10.2. The molecule has 0 unspecified atom stereocenters. The van der Waals surface area contributed by atoms with Crippen LogP contribution >= 0.6 is 39.1 Å². The number of hydrogen-bond acceptors (Lipinski definition) is 2. The van der Waals surface area contributed by atoms with Gasteiger partial charge in [-0.05, 0) is 41.9 Å². The quantitative estimate of drug-likeness (QED) is 0.689. The molecule has 0 radical (unpaired) electrons. The summed E-state index contributed by atoms with van der Waals surface area (Å²) < 4.78 is 8.77. The molecule has 0 fully saturated rings. The van der Waals surface area contributed by atoms with Crippen LogP contribution in [0.5, 0.6) is 5.75 Å². The molecular weight excluding hydrogens is 363 g/mol. The van der Waals surface area contributed by atoms with Crippen molar-refractivity contribution < 1.29 is 4.74 Å². The second-order valence-electron chi connectivity index (χ2n) is 4.30. The third-order valence-corrected chi connectivity index (χ3v) is 4.68. The van der Waals surface area contributed by atoms with E-state index in [0.717, 1.165) is 28.0 Å². The maximum absolute atomic E-state index is 6.11. The number of hydrogen-bond donors (Lipinski definition) is 0. The average molecular weight is 378 g/mol. The maximum atomic E-state index is 6.11. The maximum Gasteiger partial charge on any atom is 0.131 e. The topological polar surface area (TPSA) is 27.1 Å². The summed E-state index contributed by atoms with van der Waals surface area (Å²) in [7, 11) is 0. The molecule has 1 aromatic carbocycles. The fourth-order valence-electron chi connectivity index (χ4n) is 1.96. The van der Waals surface area contributed by atoms with Crippen molar-refractivity contribution in [3.63, 3.8) is 0 Å². The summed E-state index contributed by atoms with van der Waals surface area (Å²) >= 11 is 15.6. The third-order valence-electron chi connectivity index (χ3n) is 3.03. The van der Waals surface area contributed by atoms with Crippen molar-refractivity contribution in [3.8, 4) is 5.75 Å². The van der Waals surface area contributed by atoms with Gasteiger partial charge in [0.25, 0.3) is 0 Å². The smallest absolute Gasteiger partial charge is 0.131 e. The Morgan fingerprint density at radius 3 is 2.80 bits per heavy atom. The summed E-state index contributed by atoms with van der Waals surface area (Å²) in [5.41, 5.74) is 2.77. The van der Waals surface area contributed by atoms with E-state index in [1.54, 1.807) is 0 Å². The van der Waals surface area contributed by atoms with Gasteiger partial charge in [-0.2, -0.15) is 5.10 Å². The van der Waals surface area contributed by atoms with E-state index in [0.29, 0.717) is 23.3 Å². The molecule has 0 aliphatic rings. The van der Waals surface area contributed by atoms with Crippen molar-refractivity contribution in [3.05, 3.63) is 44.6 Å². The molecule has 108 valence electrons. The standard InChI is InChI=1S/C14H15BrCl2N2O/c1-3-19-12(14(15)9(2)18-19)8-20-13-6-4-5-11(17)10(13)7-16/h4-6H,3,7-8H2,1-2H3. The molecule has 1 heterocycles. The van der Waals surface area contributed by atoms with Crippen LogP contribution in [0, 0.1) is 6.92 Å². The normalized spacial score (nSPS) is 10.8. The largest absolute Gasteiger partial charge is 0.487 e. The first kappa shape index (κ1) is 15.7. The van der Waals surface area contributed by atoms with Gasteiger partial charge < -0.3 is 4.74 Å². The van der Waals surface area contributed by atoms with Crippen molar-refractivity contribution in [1.29, 1.82) is 0 Å². The number of aryl methyl sites for hydroxylation is 2. The van der Waals surface area contributed by atoms with Crippen molar-refractivity contribution in [2.24, 2.45) is 0 Å². The molecule has 0 spiro atoms. The van der Waals surface area contributed by atoms with Crippen LogP contribution in [-0.2, 0) is 19.0 Å². The Bertz CT molecular complexity index is 613. The van der Waals surface area contributed by atoms with Crippen molar-refractivity contribution in [2.45, 2.75) is 32.9 Å². The average Bonchev–Trinajstić information content (AvgIpc) is 2.72. The Hall–Kier alpha value is -0.710. The Balaban J connectivity index is 2.23. The van der Waals surface area contributed by atoms with Crippen LogP contribution in [0.3, 0.4) is 0 Å². The zero-order chi connectivity index (χ0) is 14.7. The molecule has 6 heteroatoms. The fourth-order valence-corrected chi connectivity index (χ4v) is 2.93. The predicted molar refractivity (Wildman–Crippen MR) is 85.7 cm³/mol. The van der Waals surface area contributed by atoms with Crippen molar-refractivity contribution >= 4 is 39.1 Å². The van der Waals surface area contributed by atoms with Crippen LogP contribution < -0.4 is 4.74 Å². The lowest BCUT2D eigenvalue weighted by molar-refractivity contribution is 0.289. The Morgan fingerprint density at radius 2 is 2.15 bits per heavy atom. The molecule has 0 saturated heterocycles. The molecule has 0 N–H and O–H groups in total. The van der Waals surface area contributed by atoms with Gasteiger partial charge in [0.05, 0.1) is 21.7 Å². The highest BCUT2D eigenvalue weighted by Crippen LogP contribution is 2.29.